The Labute approximate surface area is 269 Å². The van der Waals surface area contributed by atoms with Crippen LogP contribution >= 0.6 is 15.9 Å². The molecule has 0 saturated heterocycles. The van der Waals surface area contributed by atoms with E-state index < -0.39 is 0 Å². The Morgan fingerprint density at radius 3 is 1.67 bits per heavy atom. The second kappa shape index (κ2) is 10.4. The molecular weight excluding hydrogens is 612 g/mol. The lowest BCUT2D eigenvalue weighted by atomic mass is 10.0. The summed E-state index contributed by atoms with van der Waals surface area (Å²) in [4.78, 5) is 2.37. The fraction of sp³-hybridized carbons (Fsp3) is 0. The van der Waals surface area contributed by atoms with Crippen LogP contribution in [0.3, 0.4) is 0 Å². The third-order valence-corrected chi connectivity index (χ3v) is 9.80. The molecule has 3 heteroatoms. The average molecular weight is 640 g/mol. The summed E-state index contributed by atoms with van der Waals surface area (Å²) in [7, 11) is 0. The van der Waals surface area contributed by atoms with Crippen molar-refractivity contribution < 1.29 is 0 Å². The van der Waals surface area contributed by atoms with Crippen molar-refractivity contribution in [2.75, 3.05) is 4.90 Å². The third-order valence-electron chi connectivity index (χ3n) is 8.98. The van der Waals surface area contributed by atoms with Gasteiger partial charge in [0.1, 0.15) is 0 Å². The lowest BCUT2D eigenvalue weighted by Crippen LogP contribution is -2.11. The molecule has 0 atom stereocenters. The molecular formula is C42H27BrN2. The van der Waals surface area contributed by atoms with Gasteiger partial charge in [0.05, 0.1) is 26.9 Å². The first-order chi connectivity index (χ1) is 22.2. The molecule has 212 valence electrons. The zero-order chi connectivity index (χ0) is 29.9. The minimum atomic E-state index is 1.03. The molecule has 0 bridgehead atoms. The standard InChI is InChI=1S/C42H27BrN2/c43-42-39(44(33-23-20-28-10-1-3-13-31(28)26-33)34-24-21-29-11-2-4-14-32(29)27-34)18-9-19-40(42)45-37-17-8-7-16-36(37)41-35-15-6-5-12-30(35)22-25-38(41)45/h1-27H. The van der Waals surface area contributed by atoms with E-state index in [2.05, 4.69) is 189 Å². The zero-order valence-electron chi connectivity index (χ0n) is 24.4. The Morgan fingerprint density at radius 2 is 0.978 bits per heavy atom. The van der Waals surface area contributed by atoms with E-state index in [1.54, 1.807) is 0 Å². The van der Waals surface area contributed by atoms with Crippen LogP contribution in [0.1, 0.15) is 0 Å². The first-order valence-electron chi connectivity index (χ1n) is 15.2. The second-order valence-corrected chi connectivity index (χ2v) is 12.3. The van der Waals surface area contributed by atoms with E-state index in [9.17, 15) is 0 Å². The average Bonchev–Trinajstić information content (AvgIpc) is 3.44. The van der Waals surface area contributed by atoms with E-state index in [1.807, 2.05) is 0 Å². The highest BCUT2D eigenvalue weighted by Gasteiger charge is 2.21. The van der Waals surface area contributed by atoms with E-state index >= 15 is 0 Å². The molecule has 0 fully saturated rings. The van der Waals surface area contributed by atoms with Crippen LogP contribution in [0, 0.1) is 0 Å². The van der Waals surface area contributed by atoms with Crippen LogP contribution in [-0.4, -0.2) is 4.57 Å². The molecule has 0 aliphatic heterocycles. The largest absolute Gasteiger partial charge is 0.309 e. The maximum atomic E-state index is 4.16. The number of anilines is 3. The third kappa shape index (κ3) is 4.16. The Morgan fingerprint density at radius 1 is 0.422 bits per heavy atom. The molecule has 0 radical (unpaired) electrons. The van der Waals surface area contributed by atoms with Crippen molar-refractivity contribution in [3.05, 3.63) is 168 Å². The molecule has 0 spiro atoms. The van der Waals surface area contributed by atoms with Crippen LogP contribution in [0.5, 0.6) is 0 Å². The minimum Gasteiger partial charge on any atom is -0.309 e. The molecule has 45 heavy (non-hydrogen) atoms. The van der Waals surface area contributed by atoms with Gasteiger partial charge in [-0.1, -0.05) is 115 Å². The van der Waals surface area contributed by atoms with Gasteiger partial charge >= 0.3 is 0 Å². The topological polar surface area (TPSA) is 8.17 Å². The molecule has 0 aliphatic carbocycles. The summed E-state index contributed by atoms with van der Waals surface area (Å²) in [6, 6.07) is 59.1. The SMILES string of the molecule is Brc1c(N(c2ccc3ccccc3c2)c2ccc3ccccc3c2)cccc1-n1c2ccccc2c2c3ccccc3ccc21. The van der Waals surface area contributed by atoms with Crippen LogP contribution in [0.25, 0.3) is 59.8 Å². The van der Waals surface area contributed by atoms with Crippen molar-refractivity contribution >= 4 is 87.1 Å². The summed E-state index contributed by atoms with van der Waals surface area (Å²) in [5.74, 6) is 0. The van der Waals surface area contributed by atoms with Gasteiger partial charge in [-0.25, -0.2) is 0 Å². The molecule has 1 aromatic heterocycles. The summed E-state index contributed by atoms with van der Waals surface area (Å²) >= 11 is 4.16. The van der Waals surface area contributed by atoms with E-state index in [1.165, 1.54) is 54.1 Å². The van der Waals surface area contributed by atoms with Gasteiger partial charge in [-0.15, -0.1) is 0 Å². The summed E-state index contributed by atoms with van der Waals surface area (Å²) < 4.78 is 3.44. The van der Waals surface area contributed by atoms with Crippen LogP contribution in [0.2, 0.25) is 0 Å². The molecule has 0 aliphatic rings. The normalized spacial score (nSPS) is 11.7. The van der Waals surface area contributed by atoms with E-state index in [-0.39, 0.29) is 0 Å². The highest BCUT2D eigenvalue weighted by Crippen LogP contribution is 2.45. The van der Waals surface area contributed by atoms with Gasteiger partial charge in [0.2, 0.25) is 0 Å². The molecule has 0 unspecified atom stereocenters. The number of para-hydroxylation sites is 1. The van der Waals surface area contributed by atoms with Gasteiger partial charge in [-0.2, -0.15) is 0 Å². The van der Waals surface area contributed by atoms with Crippen molar-refractivity contribution in [1.82, 2.24) is 4.57 Å². The number of halogens is 1. The molecule has 0 saturated carbocycles. The molecule has 8 aromatic carbocycles. The van der Waals surface area contributed by atoms with Crippen LogP contribution in [-0.2, 0) is 0 Å². The van der Waals surface area contributed by atoms with Crippen molar-refractivity contribution in [3.8, 4) is 5.69 Å². The number of fused-ring (bicyclic) bond motifs is 7. The monoisotopic (exact) mass is 638 g/mol. The van der Waals surface area contributed by atoms with Gasteiger partial charge in [0.25, 0.3) is 0 Å². The number of rotatable bonds is 4. The summed E-state index contributed by atoms with van der Waals surface area (Å²) in [6.07, 6.45) is 0. The predicted molar refractivity (Wildman–Crippen MR) is 196 cm³/mol. The highest BCUT2D eigenvalue weighted by atomic mass is 79.9. The van der Waals surface area contributed by atoms with Crippen molar-refractivity contribution in [3.63, 3.8) is 0 Å². The molecule has 2 nitrogen and oxygen atoms in total. The summed E-state index contributed by atoms with van der Waals surface area (Å²) in [5, 5.41) is 9.93. The van der Waals surface area contributed by atoms with Gasteiger partial charge in [-0.05, 0) is 96.8 Å². The summed E-state index contributed by atoms with van der Waals surface area (Å²) in [6.45, 7) is 0. The number of aromatic nitrogens is 1. The quantitative estimate of drug-likeness (QED) is 0.186. The van der Waals surface area contributed by atoms with E-state index in [0.29, 0.717) is 0 Å². The van der Waals surface area contributed by atoms with E-state index in [0.717, 1.165) is 27.2 Å². The Kier molecular flexibility index (Phi) is 6.00. The maximum absolute atomic E-state index is 4.16. The molecule has 9 aromatic rings. The molecule has 1 heterocycles. The Balaban J connectivity index is 1.32. The number of hydrogen-bond donors (Lipinski definition) is 0. The van der Waals surface area contributed by atoms with Gasteiger partial charge in [0, 0.05) is 22.1 Å². The lowest BCUT2D eigenvalue weighted by molar-refractivity contribution is 1.16. The van der Waals surface area contributed by atoms with E-state index in [4.69, 9.17) is 0 Å². The van der Waals surface area contributed by atoms with Crippen molar-refractivity contribution in [2.24, 2.45) is 0 Å². The van der Waals surface area contributed by atoms with Crippen LogP contribution < -0.4 is 4.90 Å². The minimum absolute atomic E-state index is 1.03. The lowest BCUT2D eigenvalue weighted by Gasteiger charge is -2.28. The van der Waals surface area contributed by atoms with Gasteiger partial charge in [0.15, 0.2) is 0 Å². The van der Waals surface area contributed by atoms with Gasteiger partial charge in [-0.3, -0.25) is 0 Å². The van der Waals surface area contributed by atoms with Crippen LogP contribution in [0.15, 0.2) is 168 Å². The van der Waals surface area contributed by atoms with Crippen molar-refractivity contribution in [1.29, 1.82) is 0 Å². The first kappa shape index (κ1) is 26.1. The molecule has 0 N–H and O–H groups in total. The van der Waals surface area contributed by atoms with Crippen molar-refractivity contribution in [2.45, 2.75) is 0 Å². The number of nitrogens with zero attached hydrogens (tertiary/aromatic N) is 2. The van der Waals surface area contributed by atoms with Gasteiger partial charge < -0.3 is 9.47 Å². The molecule has 9 rings (SSSR count). The zero-order valence-corrected chi connectivity index (χ0v) is 25.9. The fourth-order valence-electron chi connectivity index (χ4n) is 6.91. The smallest absolute Gasteiger partial charge is 0.0656 e. The Hall–Kier alpha value is -5.38. The highest BCUT2D eigenvalue weighted by molar-refractivity contribution is 9.10. The van der Waals surface area contributed by atoms with Crippen LogP contribution in [0.4, 0.5) is 17.1 Å². The first-order valence-corrected chi connectivity index (χ1v) is 16.0. The Bertz CT molecular complexity index is 2500. The maximum Gasteiger partial charge on any atom is 0.0656 e. The fourth-order valence-corrected chi connectivity index (χ4v) is 7.53. The number of benzene rings is 8. The molecule has 0 amide bonds. The predicted octanol–water partition coefficient (Wildman–Crippen LogP) is 12.5. The second-order valence-electron chi connectivity index (χ2n) is 11.5. The summed E-state index contributed by atoms with van der Waals surface area (Å²) in [5.41, 5.74) is 6.76. The number of hydrogen-bond acceptors (Lipinski definition) is 1.